The zero-order valence-electron chi connectivity index (χ0n) is 12.8. The molecule has 0 radical (unpaired) electrons. The molecule has 1 saturated heterocycles. The van der Waals surface area contributed by atoms with Crippen molar-refractivity contribution in [2.45, 2.75) is 31.1 Å². The van der Waals surface area contributed by atoms with Gasteiger partial charge in [0.25, 0.3) is 0 Å². The molecule has 1 aromatic carbocycles. The van der Waals surface area contributed by atoms with Crippen LogP contribution in [0.3, 0.4) is 0 Å². The fourth-order valence-corrected chi connectivity index (χ4v) is 3.73. The monoisotopic (exact) mass is 296 g/mol. The van der Waals surface area contributed by atoms with E-state index in [1.807, 2.05) is 19.2 Å². The first-order valence-corrected chi connectivity index (χ1v) is 8.44. The molecule has 5 heteroatoms. The molecule has 0 aromatic heterocycles. The summed E-state index contributed by atoms with van der Waals surface area (Å²) in [5.41, 5.74) is 1.19. The maximum Gasteiger partial charge on any atom is 0.243 e. The van der Waals surface area contributed by atoms with Crippen LogP contribution in [0.4, 0.5) is 0 Å². The third-order valence-corrected chi connectivity index (χ3v) is 5.73. The molecule has 112 valence electrons. The Balaban J connectivity index is 2.22. The van der Waals surface area contributed by atoms with Crippen LogP contribution in [0.25, 0.3) is 0 Å². The first-order valence-electron chi connectivity index (χ1n) is 7.00. The quantitative estimate of drug-likeness (QED) is 0.837. The number of hydrogen-bond donors (Lipinski definition) is 0. The highest BCUT2D eigenvalue weighted by Crippen LogP contribution is 2.24. The molecule has 0 aliphatic carbocycles. The predicted octanol–water partition coefficient (Wildman–Crippen LogP) is 1.92. The Labute approximate surface area is 122 Å². The Morgan fingerprint density at radius 2 is 1.45 bits per heavy atom. The van der Waals surface area contributed by atoms with Gasteiger partial charge in [-0.2, -0.15) is 4.31 Å². The Hall–Kier alpha value is -0.910. The van der Waals surface area contributed by atoms with Crippen molar-refractivity contribution < 1.29 is 8.42 Å². The third kappa shape index (κ3) is 3.22. The van der Waals surface area contributed by atoms with Gasteiger partial charge in [0.15, 0.2) is 0 Å². The number of rotatable bonds is 2. The lowest BCUT2D eigenvalue weighted by molar-refractivity contribution is 0.222. The molecule has 1 fully saturated rings. The molecule has 0 amide bonds. The zero-order chi connectivity index (χ0) is 15.0. The van der Waals surface area contributed by atoms with Crippen LogP contribution in [0.2, 0.25) is 0 Å². The number of piperazine rings is 1. The maximum absolute atomic E-state index is 12.6. The van der Waals surface area contributed by atoms with Crippen LogP contribution in [0.1, 0.15) is 26.3 Å². The SMILES string of the molecule is CN1CCN(S(=O)(=O)c2ccc(C(C)(C)C)cc2)CC1. The molecule has 4 nitrogen and oxygen atoms in total. The summed E-state index contributed by atoms with van der Waals surface area (Å²) >= 11 is 0. The minimum atomic E-state index is -3.34. The second-order valence-electron chi connectivity index (χ2n) is 6.48. The van der Waals surface area contributed by atoms with Gasteiger partial charge in [0.2, 0.25) is 10.0 Å². The highest BCUT2D eigenvalue weighted by atomic mass is 32.2. The molecular formula is C15H24N2O2S. The average Bonchev–Trinajstić information content (AvgIpc) is 2.38. The van der Waals surface area contributed by atoms with Crippen molar-refractivity contribution >= 4 is 10.0 Å². The summed E-state index contributed by atoms with van der Waals surface area (Å²) < 4.78 is 26.7. The van der Waals surface area contributed by atoms with Crippen LogP contribution in [-0.4, -0.2) is 50.8 Å². The summed E-state index contributed by atoms with van der Waals surface area (Å²) in [7, 11) is -1.33. The van der Waals surface area contributed by atoms with Crippen molar-refractivity contribution in [3.63, 3.8) is 0 Å². The molecule has 0 spiro atoms. The molecule has 1 aromatic rings. The van der Waals surface area contributed by atoms with E-state index >= 15 is 0 Å². The van der Waals surface area contributed by atoms with E-state index in [4.69, 9.17) is 0 Å². The summed E-state index contributed by atoms with van der Waals surface area (Å²) in [6.45, 7) is 9.09. The van der Waals surface area contributed by atoms with Gasteiger partial charge in [-0.3, -0.25) is 0 Å². The summed E-state index contributed by atoms with van der Waals surface area (Å²) in [6, 6.07) is 7.30. The number of nitrogens with zero attached hydrogens (tertiary/aromatic N) is 2. The van der Waals surface area contributed by atoms with Gasteiger partial charge in [-0.15, -0.1) is 0 Å². The van der Waals surface area contributed by atoms with Gasteiger partial charge in [-0.25, -0.2) is 8.42 Å². The number of hydrogen-bond acceptors (Lipinski definition) is 3. The predicted molar refractivity (Wildman–Crippen MR) is 81.4 cm³/mol. The minimum Gasteiger partial charge on any atom is -0.304 e. The zero-order valence-corrected chi connectivity index (χ0v) is 13.6. The fourth-order valence-electron chi connectivity index (χ4n) is 2.30. The van der Waals surface area contributed by atoms with Gasteiger partial charge in [0.05, 0.1) is 4.90 Å². The first kappa shape index (κ1) is 15.5. The summed E-state index contributed by atoms with van der Waals surface area (Å²) in [6.07, 6.45) is 0. The van der Waals surface area contributed by atoms with E-state index in [0.29, 0.717) is 18.0 Å². The van der Waals surface area contributed by atoms with Crippen molar-refractivity contribution in [1.29, 1.82) is 0 Å². The first-order chi connectivity index (χ1) is 9.21. The molecular weight excluding hydrogens is 272 g/mol. The van der Waals surface area contributed by atoms with E-state index in [1.165, 1.54) is 0 Å². The van der Waals surface area contributed by atoms with Crippen LogP contribution >= 0.6 is 0 Å². The second-order valence-corrected chi connectivity index (χ2v) is 8.42. The van der Waals surface area contributed by atoms with E-state index < -0.39 is 10.0 Å². The van der Waals surface area contributed by atoms with Crippen molar-refractivity contribution in [1.82, 2.24) is 9.21 Å². The average molecular weight is 296 g/mol. The van der Waals surface area contributed by atoms with Gasteiger partial charge in [0.1, 0.15) is 0 Å². The van der Waals surface area contributed by atoms with Crippen molar-refractivity contribution in [2.75, 3.05) is 33.2 Å². The van der Waals surface area contributed by atoms with E-state index in [-0.39, 0.29) is 5.41 Å². The van der Waals surface area contributed by atoms with Gasteiger partial charge < -0.3 is 4.90 Å². The van der Waals surface area contributed by atoms with E-state index in [2.05, 4.69) is 25.7 Å². The number of benzene rings is 1. The van der Waals surface area contributed by atoms with Crippen molar-refractivity contribution in [3.05, 3.63) is 29.8 Å². The van der Waals surface area contributed by atoms with E-state index in [1.54, 1.807) is 16.4 Å². The molecule has 0 atom stereocenters. The van der Waals surface area contributed by atoms with Gasteiger partial charge in [-0.05, 0) is 30.2 Å². The largest absolute Gasteiger partial charge is 0.304 e. The van der Waals surface area contributed by atoms with E-state index in [0.717, 1.165) is 18.7 Å². The second kappa shape index (κ2) is 5.47. The van der Waals surface area contributed by atoms with Crippen LogP contribution in [0, 0.1) is 0 Å². The molecule has 20 heavy (non-hydrogen) atoms. The standard InChI is InChI=1S/C15H24N2O2S/c1-15(2,3)13-5-7-14(8-6-13)20(18,19)17-11-9-16(4)10-12-17/h5-8H,9-12H2,1-4H3. The summed E-state index contributed by atoms with van der Waals surface area (Å²) in [5.74, 6) is 0. The maximum atomic E-state index is 12.6. The van der Waals surface area contributed by atoms with E-state index in [9.17, 15) is 8.42 Å². The lowest BCUT2D eigenvalue weighted by Crippen LogP contribution is -2.47. The van der Waals surface area contributed by atoms with Gasteiger partial charge in [0, 0.05) is 26.2 Å². The lowest BCUT2D eigenvalue weighted by Gasteiger charge is -2.31. The topological polar surface area (TPSA) is 40.6 Å². The summed E-state index contributed by atoms with van der Waals surface area (Å²) in [4.78, 5) is 2.55. The normalized spacial score (nSPS) is 19.2. The smallest absolute Gasteiger partial charge is 0.243 e. The van der Waals surface area contributed by atoms with Crippen LogP contribution < -0.4 is 0 Å². The Morgan fingerprint density at radius 1 is 0.950 bits per heavy atom. The van der Waals surface area contributed by atoms with Crippen LogP contribution in [0.15, 0.2) is 29.2 Å². The summed E-state index contributed by atoms with van der Waals surface area (Å²) in [5, 5.41) is 0. The van der Waals surface area contributed by atoms with Gasteiger partial charge >= 0.3 is 0 Å². The lowest BCUT2D eigenvalue weighted by atomic mass is 9.87. The molecule has 0 N–H and O–H groups in total. The highest BCUT2D eigenvalue weighted by molar-refractivity contribution is 7.89. The Bertz CT molecular complexity index is 551. The Morgan fingerprint density at radius 3 is 1.90 bits per heavy atom. The molecule has 2 rings (SSSR count). The van der Waals surface area contributed by atoms with Crippen molar-refractivity contribution in [2.24, 2.45) is 0 Å². The van der Waals surface area contributed by atoms with Crippen LogP contribution in [0.5, 0.6) is 0 Å². The molecule has 1 aliphatic rings. The third-order valence-electron chi connectivity index (χ3n) is 3.82. The highest BCUT2D eigenvalue weighted by Gasteiger charge is 2.27. The minimum absolute atomic E-state index is 0.0378. The fraction of sp³-hybridized carbons (Fsp3) is 0.600. The molecule has 1 heterocycles. The number of sulfonamides is 1. The molecule has 0 bridgehead atoms. The molecule has 1 aliphatic heterocycles. The van der Waals surface area contributed by atoms with Gasteiger partial charge in [-0.1, -0.05) is 32.9 Å². The Kier molecular flexibility index (Phi) is 4.23. The number of likely N-dealkylation sites (N-methyl/N-ethyl adjacent to an activating group) is 1. The van der Waals surface area contributed by atoms with Crippen molar-refractivity contribution in [3.8, 4) is 0 Å². The van der Waals surface area contributed by atoms with Crippen LogP contribution in [-0.2, 0) is 15.4 Å². The molecule has 0 saturated carbocycles. The molecule has 0 unspecified atom stereocenters.